The minimum absolute atomic E-state index is 0.0439. The van der Waals surface area contributed by atoms with E-state index in [2.05, 4.69) is 28.1 Å². The first-order chi connectivity index (χ1) is 16.0. The van der Waals surface area contributed by atoms with Crippen molar-refractivity contribution in [2.45, 2.75) is 26.2 Å². The molecule has 0 saturated carbocycles. The van der Waals surface area contributed by atoms with Gasteiger partial charge >= 0.3 is 0 Å². The predicted molar refractivity (Wildman–Crippen MR) is 131 cm³/mol. The van der Waals surface area contributed by atoms with Crippen LogP contribution in [0.25, 0.3) is 11.1 Å². The van der Waals surface area contributed by atoms with Gasteiger partial charge in [0.15, 0.2) is 0 Å². The van der Waals surface area contributed by atoms with Gasteiger partial charge in [-0.1, -0.05) is 61.5 Å². The summed E-state index contributed by atoms with van der Waals surface area (Å²) in [7, 11) is 0. The molecular formula is C27H29N3O3. The van der Waals surface area contributed by atoms with E-state index in [9.17, 15) is 14.4 Å². The maximum atomic E-state index is 12.3. The van der Waals surface area contributed by atoms with Gasteiger partial charge in [0.1, 0.15) is 0 Å². The number of anilines is 1. The van der Waals surface area contributed by atoms with Crippen LogP contribution in [-0.2, 0) is 16.0 Å². The van der Waals surface area contributed by atoms with Gasteiger partial charge in [0.25, 0.3) is 5.91 Å². The van der Waals surface area contributed by atoms with Crippen molar-refractivity contribution in [2.75, 3.05) is 18.4 Å². The van der Waals surface area contributed by atoms with E-state index in [-0.39, 0.29) is 24.1 Å². The second kappa shape index (κ2) is 12.2. The summed E-state index contributed by atoms with van der Waals surface area (Å²) in [6.45, 7) is 2.61. The van der Waals surface area contributed by atoms with Gasteiger partial charge in [0.05, 0.1) is 6.42 Å². The monoisotopic (exact) mass is 443 g/mol. The zero-order valence-electron chi connectivity index (χ0n) is 18.8. The van der Waals surface area contributed by atoms with E-state index in [0.29, 0.717) is 30.8 Å². The Balaban J connectivity index is 1.37. The molecule has 3 amide bonds. The van der Waals surface area contributed by atoms with Gasteiger partial charge in [-0.2, -0.15) is 0 Å². The largest absolute Gasteiger partial charge is 0.354 e. The minimum Gasteiger partial charge on any atom is -0.354 e. The van der Waals surface area contributed by atoms with E-state index in [0.717, 1.165) is 23.1 Å². The van der Waals surface area contributed by atoms with Crippen molar-refractivity contribution in [3.63, 3.8) is 0 Å². The maximum absolute atomic E-state index is 12.3. The Morgan fingerprint density at radius 3 is 2.00 bits per heavy atom. The Morgan fingerprint density at radius 2 is 1.33 bits per heavy atom. The van der Waals surface area contributed by atoms with Gasteiger partial charge in [0.2, 0.25) is 11.8 Å². The molecule has 0 spiro atoms. The zero-order valence-corrected chi connectivity index (χ0v) is 18.8. The third kappa shape index (κ3) is 7.61. The average molecular weight is 444 g/mol. The molecule has 3 rings (SSSR count). The number of carbonyl (C=O) groups is 3. The molecule has 0 atom stereocenters. The smallest absolute Gasteiger partial charge is 0.251 e. The molecule has 6 heteroatoms. The summed E-state index contributed by atoms with van der Waals surface area (Å²) >= 11 is 0. The van der Waals surface area contributed by atoms with Crippen molar-refractivity contribution in [1.29, 1.82) is 0 Å². The first-order valence-electron chi connectivity index (χ1n) is 11.1. The quantitative estimate of drug-likeness (QED) is 0.411. The van der Waals surface area contributed by atoms with E-state index >= 15 is 0 Å². The highest BCUT2D eigenvalue weighted by atomic mass is 16.2. The van der Waals surface area contributed by atoms with E-state index < -0.39 is 0 Å². The number of amides is 3. The molecule has 0 aliphatic heterocycles. The number of hydrogen-bond donors (Lipinski definition) is 3. The first kappa shape index (κ1) is 23.7. The topological polar surface area (TPSA) is 87.3 Å². The van der Waals surface area contributed by atoms with Gasteiger partial charge in [-0.05, 0) is 47.4 Å². The van der Waals surface area contributed by atoms with Gasteiger partial charge in [-0.25, -0.2) is 0 Å². The molecule has 0 aromatic heterocycles. The highest BCUT2D eigenvalue weighted by molar-refractivity contribution is 5.95. The fraction of sp³-hybridized carbons (Fsp3) is 0.222. The first-order valence-corrected chi connectivity index (χ1v) is 11.1. The normalized spacial score (nSPS) is 10.3. The van der Waals surface area contributed by atoms with Crippen LogP contribution in [0.1, 0.15) is 35.7 Å². The van der Waals surface area contributed by atoms with E-state index in [4.69, 9.17) is 0 Å². The fourth-order valence-corrected chi connectivity index (χ4v) is 3.33. The van der Waals surface area contributed by atoms with Crippen LogP contribution in [0.5, 0.6) is 0 Å². The SMILES string of the molecule is CCCC(=O)Nc1ccc(C(=O)NCCNC(=O)Cc2ccc(-c3ccccc3)cc2)cc1. The van der Waals surface area contributed by atoms with Crippen molar-refractivity contribution in [3.05, 3.63) is 90.0 Å². The number of hydrogen-bond acceptors (Lipinski definition) is 3. The molecule has 0 heterocycles. The molecular weight excluding hydrogens is 414 g/mol. The maximum Gasteiger partial charge on any atom is 0.251 e. The Morgan fingerprint density at radius 1 is 0.697 bits per heavy atom. The Bertz CT molecular complexity index is 1060. The van der Waals surface area contributed by atoms with Gasteiger partial charge < -0.3 is 16.0 Å². The van der Waals surface area contributed by atoms with Crippen LogP contribution in [0.4, 0.5) is 5.69 Å². The number of carbonyl (C=O) groups excluding carboxylic acids is 3. The third-order valence-electron chi connectivity index (χ3n) is 5.07. The van der Waals surface area contributed by atoms with Crippen molar-refractivity contribution in [3.8, 4) is 11.1 Å². The van der Waals surface area contributed by atoms with Gasteiger partial charge in [-0.15, -0.1) is 0 Å². The highest BCUT2D eigenvalue weighted by Crippen LogP contribution is 2.19. The summed E-state index contributed by atoms with van der Waals surface area (Å²) in [5.74, 6) is -0.367. The van der Waals surface area contributed by atoms with Gasteiger partial charge in [-0.3, -0.25) is 14.4 Å². The lowest BCUT2D eigenvalue weighted by atomic mass is 10.0. The second-order valence-electron chi connectivity index (χ2n) is 7.72. The lowest BCUT2D eigenvalue weighted by molar-refractivity contribution is -0.120. The van der Waals surface area contributed by atoms with Crippen LogP contribution in [-0.4, -0.2) is 30.8 Å². The summed E-state index contributed by atoms with van der Waals surface area (Å²) < 4.78 is 0. The van der Waals surface area contributed by atoms with Gasteiger partial charge in [0, 0.05) is 30.8 Å². The lowest BCUT2D eigenvalue weighted by Crippen LogP contribution is -2.35. The minimum atomic E-state index is -0.229. The summed E-state index contributed by atoms with van der Waals surface area (Å²) in [5, 5.41) is 8.40. The van der Waals surface area contributed by atoms with Crippen LogP contribution >= 0.6 is 0 Å². The third-order valence-corrected chi connectivity index (χ3v) is 5.07. The molecule has 3 aromatic carbocycles. The number of benzene rings is 3. The van der Waals surface area contributed by atoms with E-state index in [1.807, 2.05) is 49.4 Å². The molecule has 3 N–H and O–H groups in total. The molecule has 0 aliphatic rings. The summed E-state index contributed by atoms with van der Waals surface area (Å²) in [6, 6.07) is 24.7. The van der Waals surface area contributed by atoms with Crippen LogP contribution in [0.3, 0.4) is 0 Å². The predicted octanol–water partition coefficient (Wildman–Crippen LogP) is 4.18. The molecule has 0 unspecified atom stereocenters. The fourth-order valence-electron chi connectivity index (χ4n) is 3.33. The zero-order chi connectivity index (χ0) is 23.5. The Labute approximate surface area is 194 Å². The molecule has 0 radical (unpaired) electrons. The molecule has 0 fully saturated rings. The molecule has 170 valence electrons. The van der Waals surface area contributed by atoms with Crippen molar-refractivity contribution in [2.24, 2.45) is 0 Å². The molecule has 3 aromatic rings. The van der Waals surface area contributed by atoms with E-state index in [1.54, 1.807) is 24.3 Å². The Kier molecular flexibility index (Phi) is 8.77. The number of nitrogens with one attached hydrogen (secondary N) is 3. The van der Waals surface area contributed by atoms with Crippen LogP contribution < -0.4 is 16.0 Å². The van der Waals surface area contributed by atoms with E-state index in [1.165, 1.54) is 0 Å². The average Bonchev–Trinajstić information content (AvgIpc) is 2.83. The second-order valence-corrected chi connectivity index (χ2v) is 7.72. The summed E-state index contributed by atoms with van der Waals surface area (Å²) in [5.41, 5.74) is 4.34. The molecule has 33 heavy (non-hydrogen) atoms. The molecule has 0 bridgehead atoms. The highest BCUT2D eigenvalue weighted by Gasteiger charge is 2.07. The van der Waals surface area contributed by atoms with Crippen LogP contribution in [0.15, 0.2) is 78.9 Å². The molecule has 0 aliphatic carbocycles. The molecule has 6 nitrogen and oxygen atoms in total. The number of rotatable bonds is 10. The van der Waals surface area contributed by atoms with Crippen molar-refractivity contribution >= 4 is 23.4 Å². The summed E-state index contributed by atoms with van der Waals surface area (Å²) in [6.07, 6.45) is 1.53. The molecule has 0 saturated heterocycles. The van der Waals surface area contributed by atoms with Crippen molar-refractivity contribution in [1.82, 2.24) is 10.6 Å². The standard InChI is InChI=1S/C27H29N3O3/c1-2-6-25(31)30-24-15-13-23(14-16-24)27(33)29-18-17-28-26(32)19-20-9-11-22(12-10-20)21-7-4-3-5-8-21/h3-5,7-16H,2,6,17-19H2,1H3,(H,28,32)(H,29,33)(H,30,31). The van der Waals surface area contributed by atoms with Crippen LogP contribution in [0.2, 0.25) is 0 Å². The van der Waals surface area contributed by atoms with Crippen LogP contribution in [0, 0.1) is 0 Å². The lowest BCUT2D eigenvalue weighted by Gasteiger charge is -2.09. The van der Waals surface area contributed by atoms with Crippen molar-refractivity contribution < 1.29 is 14.4 Å². The Hall–Kier alpha value is -3.93. The summed E-state index contributed by atoms with van der Waals surface area (Å²) in [4.78, 5) is 36.1.